The number of rotatable bonds is 5. The van der Waals surface area contributed by atoms with E-state index in [1.807, 2.05) is 0 Å². The second-order valence-corrected chi connectivity index (χ2v) is 5.06. The highest BCUT2D eigenvalue weighted by atomic mass is 16.5. The van der Waals surface area contributed by atoms with E-state index < -0.39 is 0 Å². The first kappa shape index (κ1) is 12.6. The lowest BCUT2D eigenvalue weighted by Crippen LogP contribution is -2.29. The number of hydrogen-bond acceptors (Lipinski definition) is 2. The van der Waals surface area contributed by atoms with E-state index in [4.69, 9.17) is 4.74 Å². The largest absolute Gasteiger partial charge is 0.381 e. The molecule has 1 heterocycles. The molecule has 0 aliphatic carbocycles. The van der Waals surface area contributed by atoms with Crippen molar-refractivity contribution in [1.29, 1.82) is 0 Å². The molecule has 1 saturated heterocycles. The summed E-state index contributed by atoms with van der Waals surface area (Å²) in [6, 6.07) is 11.2. The molecule has 2 rings (SSSR count). The van der Waals surface area contributed by atoms with Crippen LogP contribution in [0.15, 0.2) is 30.3 Å². The summed E-state index contributed by atoms with van der Waals surface area (Å²) < 4.78 is 5.39. The molecule has 0 unspecified atom stereocenters. The van der Waals surface area contributed by atoms with Gasteiger partial charge >= 0.3 is 0 Å². The van der Waals surface area contributed by atoms with E-state index in [2.05, 4.69) is 42.6 Å². The van der Waals surface area contributed by atoms with Gasteiger partial charge in [0.15, 0.2) is 0 Å². The van der Waals surface area contributed by atoms with E-state index in [1.54, 1.807) is 0 Å². The summed E-state index contributed by atoms with van der Waals surface area (Å²) >= 11 is 0. The van der Waals surface area contributed by atoms with Gasteiger partial charge in [0.25, 0.3) is 0 Å². The molecule has 1 aliphatic rings. The molecular formula is C15H23NO. The molecule has 0 amide bonds. The lowest BCUT2D eigenvalue weighted by Gasteiger charge is -2.25. The van der Waals surface area contributed by atoms with Crippen molar-refractivity contribution in [3.8, 4) is 0 Å². The van der Waals surface area contributed by atoms with Gasteiger partial charge in [0.05, 0.1) is 0 Å². The topological polar surface area (TPSA) is 21.3 Å². The quantitative estimate of drug-likeness (QED) is 0.844. The van der Waals surface area contributed by atoms with Crippen molar-refractivity contribution in [3.05, 3.63) is 35.9 Å². The number of ether oxygens (including phenoxy) is 1. The monoisotopic (exact) mass is 233 g/mol. The molecule has 17 heavy (non-hydrogen) atoms. The Morgan fingerprint density at radius 2 is 1.94 bits per heavy atom. The average Bonchev–Trinajstić information content (AvgIpc) is 2.39. The molecule has 1 aromatic carbocycles. The molecule has 0 aromatic heterocycles. The van der Waals surface area contributed by atoms with E-state index in [0.29, 0.717) is 6.04 Å². The Hall–Kier alpha value is -0.860. The van der Waals surface area contributed by atoms with Crippen molar-refractivity contribution < 1.29 is 4.74 Å². The first-order valence-electron chi connectivity index (χ1n) is 6.69. The maximum atomic E-state index is 5.39. The minimum absolute atomic E-state index is 0.596. The normalized spacial score (nSPS) is 19.1. The predicted octanol–water partition coefficient (Wildman–Crippen LogP) is 2.98. The van der Waals surface area contributed by atoms with Crippen molar-refractivity contribution in [3.63, 3.8) is 0 Å². The minimum Gasteiger partial charge on any atom is -0.381 e. The van der Waals surface area contributed by atoms with Crippen molar-refractivity contribution in [2.75, 3.05) is 13.2 Å². The Balaban J connectivity index is 1.68. The summed E-state index contributed by atoms with van der Waals surface area (Å²) in [5.74, 6) is 0.849. The van der Waals surface area contributed by atoms with Gasteiger partial charge < -0.3 is 10.1 Å². The van der Waals surface area contributed by atoms with Gasteiger partial charge in [-0.3, -0.25) is 0 Å². The van der Waals surface area contributed by atoms with E-state index in [1.165, 1.54) is 24.8 Å². The van der Waals surface area contributed by atoms with Crippen LogP contribution in [0.1, 0.15) is 31.7 Å². The van der Waals surface area contributed by atoms with Gasteiger partial charge in [-0.15, -0.1) is 0 Å². The molecule has 0 saturated carbocycles. The molecule has 1 aromatic rings. The standard InChI is InChI=1S/C15H23NO/c1-13(11-14-7-9-17-10-8-14)16-12-15-5-3-2-4-6-15/h2-6,13-14,16H,7-12H2,1H3/t13-/m0/s1. The van der Waals surface area contributed by atoms with Crippen LogP contribution in [0.2, 0.25) is 0 Å². The highest BCUT2D eigenvalue weighted by Crippen LogP contribution is 2.20. The third-order valence-electron chi connectivity index (χ3n) is 3.53. The highest BCUT2D eigenvalue weighted by molar-refractivity contribution is 5.14. The SMILES string of the molecule is C[C@@H](CC1CCOCC1)NCc1ccccc1. The van der Waals surface area contributed by atoms with Crippen molar-refractivity contribution in [1.82, 2.24) is 5.32 Å². The molecule has 1 fully saturated rings. The van der Waals surface area contributed by atoms with Crippen LogP contribution in [0.25, 0.3) is 0 Å². The third-order valence-corrected chi connectivity index (χ3v) is 3.53. The Morgan fingerprint density at radius 1 is 1.24 bits per heavy atom. The van der Waals surface area contributed by atoms with Crippen LogP contribution < -0.4 is 5.32 Å². The van der Waals surface area contributed by atoms with Gasteiger partial charge in [-0.1, -0.05) is 30.3 Å². The van der Waals surface area contributed by atoms with Crippen LogP contribution in [0.3, 0.4) is 0 Å². The first-order chi connectivity index (χ1) is 8.34. The summed E-state index contributed by atoms with van der Waals surface area (Å²) in [5, 5.41) is 3.61. The number of nitrogens with one attached hydrogen (secondary N) is 1. The second kappa shape index (κ2) is 6.77. The third kappa shape index (κ3) is 4.49. The maximum Gasteiger partial charge on any atom is 0.0468 e. The maximum absolute atomic E-state index is 5.39. The van der Waals surface area contributed by atoms with E-state index in [0.717, 1.165) is 25.7 Å². The van der Waals surface area contributed by atoms with Gasteiger partial charge in [0, 0.05) is 25.8 Å². The predicted molar refractivity (Wildman–Crippen MR) is 70.9 cm³/mol. The number of hydrogen-bond donors (Lipinski definition) is 1. The van der Waals surface area contributed by atoms with Crippen LogP contribution in [-0.2, 0) is 11.3 Å². The summed E-state index contributed by atoms with van der Waals surface area (Å²) in [4.78, 5) is 0. The Bertz CT molecular complexity index is 306. The molecule has 1 aliphatic heterocycles. The molecule has 94 valence electrons. The van der Waals surface area contributed by atoms with Crippen LogP contribution >= 0.6 is 0 Å². The Morgan fingerprint density at radius 3 is 2.65 bits per heavy atom. The summed E-state index contributed by atoms with van der Waals surface area (Å²) in [7, 11) is 0. The molecule has 1 N–H and O–H groups in total. The van der Waals surface area contributed by atoms with Crippen molar-refractivity contribution in [2.24, 2.45) is 5.92 Å². The van der Waals surface area contributed by atoms with E-state index in [-0.39, 0.29) is 0 Å². The average molecular weight is 233 g/mol. The summed E-state index contributed by atoms with van der Waals surface area (Å²) in [6.07, 6.45) is 3.74. The van der Waals surface area contributed by atoms with Gasteiger partial charge in [-0.25, -0.2) is 0 Å². The van der Waals surface area contributed by atoms with Crippen LogP contribution in [0, 0.1) is 5.92 Å². The van der Waals surface area contributed by atoms with E-state index in [9.17, 15) is 0 Å². The molecule has 2 nitrogen and oxygen atoms in total. The minimum atomic E-state index is 0.596. The molecule has 0 spiro atoms. The van der Waals surface area contributed by atoms with Gasteiger partial charge in [0.2, 0.25) is 0 Å². The second-order valence-electron chi connectivity index (χ2n) is 5.06. The fourth-order valence-electron chi connectivity index (χ4n) is 2.45. The Labute approximate surface area is 104 Å². The molecule has 0 bridgehead atoms. The molecule has 0 radical (unpaired) electrons. The van der Waals surface area contributed by atoms with E-state index >= 15 is 0 Å². The van der Waals surface area contributed by atoms with Crippen LogP contribution in [0.5, 0.6) is 0 Å². The zero-order chi connectivity index (χ0) is 11.9. The van der Waals surface area contributed by atoms with Gasteiger partial charge in [0.1, 0.15) is 0 Å². The smallest absolute Gasteiger partial charge is 0.0468 e. The molecule has 2 heteroatoms. The van der Waals surface area contributed by atoms with Gasteiger partial charge in [-0.05, 0) is 37.7 Å². The van der Waals surface area contributed by atoms with Crippen molar-refractivity contribution >= 4 is 0 Å². The van der Waals surface area contributed by atoms with Crippen molar-refractivity contribution in [2.45, 2.75) is 38.8 Å². The van der Waals surface area contributed by atoms with Gasteiger partial charge in [-0.2, -0.15) is 0 Å². The zero-order valence-electron chi connectivity index (χ0n) is 10.7. The lowest BCUT2D eigenvalue weighted by molar-refractivity contribution is 0.0611. The van der Waals surface area contributed by atoms with Crippen LogP contribution in [0.4, 0.5) is 0 Å². The molecular weight excluding hydrogens is 210 g/mol. The number of benzene rings is 1. The van der Waals surface area contributed by atoms with Crippen LogP contribution in [-0.4, -0.2) is 19.3 Å². The first-order valence-corrected chi connectivity index (χ1v) is 6.69. The highest BCUT2D eigenvalue weighted by Gasteiger charge is 2.16. The summed E-state index contributed by atoms with van der Waals surface area (Å²) in [5.41, 5.74) is 1.37. The fraction of sp³-hybridized carbons (Fsp3) is 0.600. The Kier molecular flexibility index (Phi) is 5.02. The summed E-state index contributed by atoms with van der Waals surface area (Å²) in [6.45, 7) is 5.18. The fourth-order valence-corrected chi connectivity index (χ4v) is 2.45. The lowest BCUT2D eigenvalue weighted by atomic mass is 9.93. The zero-order valence-corrected chi connectivity index (χ0v) is 10.7. The molecule has 1 atom stereocenters.